The highest BCUT2D eigenvalue weighted by Gasteiger charge is 2.16. The Morgan fingerprint density at radius 1 is 0.893 bits per heavy atom. The lowest BCUT2D eigenvalue weighted by Crippen LogP contribution is -2.43. The van der Waals surface area contributed by atoms with Crippen molar-refractivity contribution in [2.45, 2.75) is 20.4 Å². The molecule has 1 aliphatic rings. The summed E-state index contributed by atoms with van der Waals surface area (Å²) >= 11 is 0. The quantitative estimate of drug-likeness (QED) is 0.641. The summed E-state index contributed by atoms with van der Waals surface area (Å²) in [4.78, 5) is 2.49. The maximum Gasteiger partial charge on any atom is 0.0689 e. The Labute approximate surface area is 166 Å². The van der Waals surface area contributed by atoms with Gasteiger partial charge in [-0.15, -0.1) is 0 Å². The molecule has 144 valence electrons. The maximum absolute atomic E-state index is 4.75. The second-order valence-electron chi connectivity index (χ2n) is 7.29. The minimum absolute atomic E-state index is 0.953. The van der Waals surface area contributed by atoms with Gasteiger partial charge >= 0.3 is 0 Å². The van der Waals surface area contributed by atoms with Crippen molar-refractivity contribution in [3.63, 3.8) is 0 Å². The van der Waals surface area contributed by atoms with E-state index >= 15 is 0 Å². The van der Waals surface area contributed by atoms with Gasteiger partial charge in [0.05, 0.1) is 23.3 Å². The lowest BCUT2D eigenvalue weighted by atomic mass is 10.2. The average molecular weight is 374 g/mol. The molecule has 1 aromatic heterocycles. The number of benzene rings is 2. The lowest BCUT2D eigenvalue weighted by Gasteiger charge is -2.33. The molecule has 0 aliphatic carbocycles. The Kier molecular flexibility index (Phi) is 5.53. The molecule has 3 aromatic rings. The normalized spacial score (nSPS) is 15.4. The van der Waals surface area contributed by atoms with Crippen molar-refractivity contribution in [1.82, 2.24) is 19.7 Å². The molecule has 0 unspecified atom stereocenters. The van der Waals surface area contributed by atoms with Gasteiger partial charge in [-0.3, -0.25) is 9.91 Å². The summed E-state index contributed by atoms with van der Waals surface area (Å²) < 4.78 is 1.99. The van der Waals surface area contributed by atoms with Crippen LogP contribution in [-0.4, -0.2) is 52.1 Å². The summed E-state index contributed by atoms with van der Waals surface area (Å²) in [6, 6.07) is 20.9. The van der Waals surface area contributed by atoms with Crippen LogP contribution in [0.25, 0.3) is 5.69 Å². The number of rotatable bonds is 5. The van der Waals surface area contributed by atoms with Crippen LogP contribution in [0.1, 0.15) is 22.5 Å². The Bertz CT molecular complexity index is 922. The average Bonchev–Trinajstić information content (AvgIpc) is 3.02. The first kappa shape index (κ1) is 18.4. The minimum Gasteiger partial charge on any atom is -0.295 e. The Hall–Kier alpha value is -2.92. The molecule has 1 saturated heterocycles. The number of aromatic nitrogens is 2. The van der Waals surface area contributed by atoms with E-state index in [4.69, 9.17) is 10.2 Å². The summed E-state index contributed by atoms with van der Waals surface area (Å²) in [6.07, 6.45) is 1.98. The van der Waals surface area contributed by atoms with Crippen LogP contribution in [0.5, 0.6) is 0 Å². The van der Waals surface area contributed by atoms with E-state index in [0.717, 1.165) is 55.4 Å². The number of aryl methyl sites for hydroxylation is 1. The van der Waals surface area contributed by atoms with Crippen molar-refractivity contribution in [2.75, 3.05) is 26.2 Å². The fourth-order valence-corrected chi connectivity index (χ4v) is 3.65. The molecular weight excluding hydrogens is 346 g/mol. The summed E-state index contributed by atoms with van der Waals surface area (Å²) in [5.41, 5.74) is 5.69. The van der Waals surface area contributed by atoms with Crippen LogP contribution in [0.4, 0.5) is 0 Å². The van der Waals surface area contributed by atoms with Crippen LogP contribution in [-0.2, 0) is 6.54 Å². The van der Waals surface area contributed by atoms with Gasteiger partial charge in [-0.25, -0.2) is 4.68 Å². The SMILES string of the molecule is Cc1nn(-c2ccccc2)c(C)c1/C=N\N1CCN(Cc2ccccc2)CC1. The monoisotopic (exact) mass is 373 g/mol. The predicted molar refractivity (Wildman–Crippen MR) is 114 cm³/mol. The van der Waals surface area contributed by atoms with Gasteiger partial charge in [0.2, 0.25) is 0 Å². The third-order valence-electron chi connectivity index (χ3n) is 5.30. The Morgan fingerprint density at radius 3 is 2.21 bits per heavy atom. The first-order valence-corrected chi connectivity index (χ1v) is 9.87. The molecule has 0 bridgehead atoms. The van der Waals surface area contributed by atoms with Gasteiger partial charge < -0.3 is 0 Å². The van der Waals surface area contributed by atoms with Gasteiger partial charge in [0.15, 0.2) is 0 Å². The zero-order valence-corrected chi connectivity index (χ0v) is 16.6. The number of hydrogen-bond acceptors (Lipinski definition) is 4. The molecule has 2 heterocycles. The molecule has 0 saturated carbocycles. The largest absolute Gasteiger partial charge is 0.295 e. The summed E-state index contributed by atoms with van der Waals surface area (Å²) in [6.45, 7) is 9.14. The molecule has 0 radical (unpaired) electrons. The van der Waals surface area contributed by atoms with Crippen LogP contribution in [0.15, 0.2) is 65.8 Å². The van der Waals surface area contributed by atoms with E-state index in [1.807, 2.05) is 36.0 Å². The van der Waals surface area contributed by atoms with E-state index in [1.54, 1.807) is 0 Å². The highest BCUT2D eigenvalue weighted by Crippen LogP contribution is 2.16. The molecule has 28 heavy (non-hydrogen) atoms. The third kappa shape index (κ3) is 4.15. The van der Waals surface area contributed by atoms with Crippen LogP contribution in [0, 0.1) is 13.8 Å². The molecule has 2 aromatic carbocycles. The van der Waals surface area contributed by atoms with Gasteiger partial charge in [-0.2, -0.15) is 10.2 Å². The van der Waals surface area contributed by atoms with E-state index in [9.17, 15) is 0 Å². The van der Waals surface area contributed by atoms with E-state index in [-0.39, 0.29) is 0 Å². The highest BCUT2D eigenvalue weighted by molar-refractivity contribution is 5.82. The lowest BCUT2D eigenvalue weighted by molar-refractivity contribution is 0.131. The van der Waals surface area contributed by atoms with Crippen LogP contribution in [0.3, 0.4) is 0 Å². The molecule has 0 amide bonds. The number of nitrogens with zero attached hydrogens (tertiary/aromatic N) is 5. The Balaban J connectivity index is 1.38. The maximum atomic E-state index is 4.75. The standard InChI is InChI=1S/C23H27N5/c1-19-23(20(2)28(25-19)22-11-7-4-8-12-22)17-24-27-15-13-26(14-16-27)18-21-9-5-3-6-10-21/h3-12,17H,13-16,18H2,1-2H3/b24-17-. The summed E-state index contributed by atoms with van der Waals surface area (Å²) in [7, 11) is 0. The van der Waals surface area contributed by atoms with Crippen molar-refractivity contribution < 1.29 is 0 Å². The zero-order chi connectivity index (χ0) is 19.3. The van der Waals surface area contributed by atoms with E-state index < -0.39 is 0 Å². The molecular formula is C23H27N5. The zero-order valence-electron chi connectivity index (χ0n) is 16.6. The van der Waals surface area contributed by atoms with E-state index in [0.29, 0.717) is 0 Å². The van der Waals surface area contributed by atoms with Crippen LogP contribution < -0.4 is 0 Å². The van der Waals surface area contributed by atoms with Crippen molar-refractivity contribution in [3.05, 3.63) is 83.2 Å². The van der Waals surface area contributed by atoms with Crippen molar-refractivity contribution in [1.29, 1.82) is 0 Å². The predicted octanol–water partition coefficient (Wildman–Crippen LogP) is 3.64. The van der Waals surface area contributed by atoms with E-state index in [2.05, 4.69) is 59.3 Å². The molecule has 4 rings (SSSR count). The molecule has 0 spiro atoms. The minimum atomic E-state index is 0.953. The Morgan fingerprint density at radius 2 is 1.54 bits per heavy atom. The fourth-order valence-electron chi connectivity index (χ4n) is 3.65. The summed E-state index contributed by atoms with van der Waals surface area (Å²) in [5.74, 6) is 0. The van der Waals surface area contributed by atoms with Gasteiger partial charge in [0.25, 0.3) is 0 Å². The molecule has 0 N–H and O–H groups in total. The van der Waals surface area contributed by atoms with Crippen LogP contribution >= 0.6 is 0 Å². The second kappa shape index (κ2) is 8.40. The highest BCUT2D eigenvalue weighted by atomic mass is 15.5. The molecule has 5 nitrogen and oxygen atoms in total. The third-order valence-corrected chi connectivity index (χ3v) is 5.30. The van der Waals surface area contributed by atoms with Gasteiger partial charge in [-0.1, -0.05) is 48.5 Å². The van der Waals surface area contributed by atoms with Gasteiger partial charge in [0, 0.05) is 38.3 Å². The fraction of sp³-hybridized carbons (Fsp3) is 0.304. The van der Waals surface area contributed by atoms with Crippen molar-refractivity contribution in [2.24, 2.45) is 5.10 Å². The van der Waals surface area contributed by atoms with Gasteiger partial charge in [-0.05, 0) is 31.5 Å². The number of para-hydroxylation sites is 1. The summed E-state index contributed by atoms with van der Waals surface area (Å²) in [5, 5.41) is 11.6. The van der Waals surface area contributed by atoms with Crippen molar-refractivity contribution in [3.8, 4) is 5.69 Å². The van der Waals surface area contributed by atoms with Gasteiger partial charge in [0.1, 0.15) is 0 Å². The molecule has 1 fully saturated rings. The smallest absolute Gasteiger partial charge is 0.0689 e. The molecule has 1 aliphatic heterocycles. The van der Waals surface area contributed by atoms with E-state index in [1.165, 1.54) is 5.56 Å². The first-order valence-electron chi connectivity index (χ1n) is 9.87. The number of hydrazone groups is 1. The topological polar surface area (TPSA) is 36.7 Å². The van der Waals surface area contributed by atoms with Crippen LogP contribution in [0.2, 0.25) is 0 Å². The first-order chi connectivity index (χ1) is 13.7. The molecule has 5 heteroatoms. The number of piperazine rings is 1. The second-order valence-corrected chi connectivity index (χ2v) is 7.29. The van der Waals surface area contributed by atoms with Crippen molar-refractivity contribution >= 4 is 6.21 Å². The number of hydrogen-bond donors (Lipinski definition) is 0. The molecule has 0 atom stereocenters.